The molecule has 1 heterocycles. The Kier molecular flexibility index (Phi) is 8.26. The van der Waals surface area contributed by atoms with Crippen molar-refractivity contribution in [2.75, 3.05) is 26.6 Å². The number of halogens is 2. The van der Waals surface area contributed by atoms with Gasteiger partial charge in [-0.1, -0.05) is 29.3 Å². The third-order valence-electron chi connectivity index (χ3n) is 5.42. The lowest BCUT2D eigenvalue weighted by atomic mass is 10.1. The highest BCUT2D eigenvalue weighted by Gasteiger charge is 2.19. The molecule has 0 unspecified atom stereocenters. The molecule has 9 nitrogen and oxygen atoms in total. The number of carbonyl (C=O) groups is 3. The minimum absolute atomic E-state index is 0.245. The van der Waals surface area contributed by atoms with Crippen molar-refractivity contribution >= 4 is 68.0 Å². The fourth-order valence-electron chi connectivity index (χ4n) is 3.55. The van der Waals surface area contributed by atoms with E-state index in [0.717, 1.165) is 16.0 Å². The summed E-state index contributed by atoms with van der Waals surface area (Å²) in [5.74, 6) is -0.488. The van der Waals surface area contributed by atoms with Gasteiger partial charge in [0.2, 0.25) is 5.75 Å². The Balaban J connectivity index is 1.39. The normalized spacial score (nSPS) is 10.6. The first-order valence-corrected chi connectivity index (χ1v) is 12.5. The van der Waals surface area contributed by atoms with Crippen LogP contribution in [-0.4, -0.2) is 39.1 Å². The van der Waals surface area contributed by atoms with Crippen molar-refractivity contribution in [3.05, 3.63) is 80.6 Å². The fourth-order valence-corrected chi connectivity index (χ4v) is 5.24. The van der Waals surface area contributed by atoms with E-state index in [9.17, 15) is 14.4 Å². The number of amides is 3. The van der Waals surface area contributed by atoms with Gasteiger partial charge in [-0.2, -0.15) is 0 Å². The number of thiophene rings is 1. The van der Waals surface area contributed by atoms with Crippen LogP contribution in [0.25, 0.3) is 10.1 Å². The SMILES string of the molecule is COc1cc(C(=O)Nc2ccc(C(=O)NNC(=O)c3sc4cc(Cl)ccc4c3Cl)cc2)cc(OC)c1OC. The third kappa shape index (κ3) is 5.62. The lowest BCUT2D eigenvalue weighted by Gasteiger charge is -2.14. The zero-order valence-corrected chi connectivity index (χ0v) is 22.6. The van der Waals surface area contributed by atoms with Gasteiger partial charge >= 0.3 is 0 Å². The third-order valence-corrected chi connectivity index (χ3v) is 7.31. The molecule has 0 saturated heterocycles. The van der Waals surface area contributed by atoms with E-state index in [1.807, 2.05) is 0 Å². The highest BCUT2D eigenvalue weighted by atomic mass is 35.5. The molecule has 4 rings (SSSR count). The quantitative estimate of drug-likeness (QED) is 0.249. The van der Waals surface area contributed by atoms with Crippen LogP contribution in [0.5, 0.6) is 17.2 Å². The molecular weight excluding hydrogens is 553 g/mol. The van der Waals surface area contributed by atoms with Gasteiger partial charge in [0.1, 0.15) is 4.88 Å². The van der Waals surface area contributed by atoms with E-state index in [2.05, 4.69) is 16.2 Å². The van der Waals surface area contributed by atoms with Crippen LogP contribution in [0.15, 0.2) is 54.6 Å². The Bertz CT molecular complexity index is 1510. The molecule has 3 amide bonds. The Hall–Kier alpha value is -3.99. The molecule has 196 valence electrons. The number of nitrogens with one attached hydrogen (secondary N) is 3. The maximum Gasteiger partial charge on any atom is 0.281 e. The van der Waals surface area contributed by atoms with Crippen molar-refractivity contribution in [3.8, 4) is 17.2 Å². The van der Waals surface area contributed by atoms with Gasteiger partial charge in [-0.25, -0.2) is 0 Å². The minimum atomic E-state index is -0.560. The molecule has 1 aromatic heterocycles. The first-order valence-electron chi connectivity index (χ1n) is 10.9. The van der Waals surface area contributed by atoms with E-state index in [4.69, 9.17) is 37.4 Å². The number of rotatable bonds is 7. The van der Waals surface area contributed by atoms with Gasteiger partial charge in [-0.15, -0.1) is 11.3 Å². The Morgan fingerprint density at radius 2 is 1.37 bits per heavy atom. The van der Waals surface area contributed by atoms with Crippen LogP contribution in [0.1, 0.15) is 30.4 Å². The number of hydrogen-bond acceptors (Lipinski definition) is 7. The number of hydrazine groups is 1. The molecule has 0 spiro atoms. The van der Waals surface area contributed by atoms with Crippen LogP contribution < -0.4 is 30.4 Å². The van der Waals surface area contributed by atoms with Crippen molar-refractivity contribution in [3.63, 3.8) is 0 Å². The Morgan fingerprint density at radius 1 is 0.737 bits per heavy atom. The average Bonchev–Trinajstić information content (AvgIpc) is 3.26. The maximum atomic E-state index is 12.8. The molecule has 0 bridgehead atoms. The molecule has 4 aromatic rings. The molecule has 0 aliphatic rings. The summed E-state index contributed by atoms with van der Waals surface area (Å²) >= 11 is 13.5. The second kappa shape index (κ2) is 11.6. The smallest absolute Gasteiger partial charge is 0.281 e. The van der Waals surface area contributed by atoms with Gasteiger partial charge in [0.25, 0.3) is 17.7 Å². The predicted octanol–water partition coefficient (Wildman–Crippen LogP) is 5.56. The minimum Gasteiger partial charge on any atom is -0.493 e. The summed E-state index contributed by atoms with van der Waals surface area (Å²) in [5, 5.41) is 4.25. The van der Waals surface area contributed by atoms with Crippen LogP contribution in [-0.2, 0) is 0 Å². The molecule has 0 aliphatic heterocycles. The van der Waals surface area contributed by atoms with Gasteiger partial charge in [0.15, 0.2) is 11.5 Å². The lowest BCUT2D eigenvalue weighted by molar-refractivity contribution is 0.0849. The van der Waals surface area contributed by atoms with E-state index in [-0.39, 0.29) is 21.0 Å². The topological polar surface area (TPSA) is 115 Å². The van der Waals surface area contributed by atoms with E-state index >= 15 is 0 Å². The first-order chi connectivity index (χ1) is 18.2. The zero-order chi connectivity index (χ0) is 27.4. The second-order valence-corrected chi connectivity index (χ2v) is 9.61. The van der Waals surface area contributed by atoms with Crippen molar-refractivity contribution in [2.24, 2.45) is 0 Å². The number of ether oxygens (including phenoxy) is 3. The summed E-state index contributed by atoms with van der Waals surface area (Å²) in [7, 11) is 4.38. The molecule has 0 saturated carbocycles. The highest BCUT2D eigenvalue weighted by Crippen LogP contribution is 2.38. The predicted molar refractivity (Wildman–Crippen MR) is 147 cm³/mol. The summed E-state index contributed by atoms with van der Waals surface area (Å²) in [6.07, 6.45) is 0. The van der Waals surface area contributed by atoms with E-state index < -0.39 is 17.7 Å². The van der Waals surface area contributed by atoms with Gasteiger partial charge in [-0.05, 0) is 48.5 Å². The second-order valence-electron chi connectivity index (χ2n) is 7.74. The monoisotopic (exact) mass is 573 g/mol. The molecule has 0 fully saturated rings. The fraction of sp³-hybridized carbons (Fsp3) is 0.115. The largest absolute Gasteiger partial charge is 0.493 e. The van der Waals surface area contributed by atoms with E-state index in [0.29, 0.717) is 33.3 Å². The van der Waals surface area contributed by atoms with Gasteiger partial charge < -0.3 is 19.5 Å². The summed E-state index contributed by atoms with van der Waals surface area (Å²) in [5.41, 5.74) is 5.71. The lowest BCUT2D eigenvalue weighted by Crippen LogP contribution is -2.41. The van der Waals surface area contributed by atoms with Crippen LogP contribution in [0.4, 0.5) is 5.69 Å². The molecule has 38 heavy (non-hydrogen) atoms. The zero-order valence-electron chi connectivity index (χ0n) is 20.3. The Labute approximate surface area is 231 Å². The molecule has 0 radical (unpaired) electrons. The summed E-state index contributed by atoms with van der Waals surface area (Å²) < 4.78 is 16.6. The van der Waals surface area contributed by atoms with Crippen molar-refractivity contribution in [2.45, 2.75) is 0 Å². The van der Waals surface area contributed by atoms with E-state index in [1.165, 1.54) is 45.6 Å². The first kappa shape index (κ1) is 27.1. The number of fused-ring (bicyclic) bond motifs is 1. The van der Waals surface area contributed by atoms with Gasteiger partial charge in [-0.3, -0.25) is 25.2 Å². The number of carbonyl (C=O) groups excluding carboxylic acids is 3. The van der Waals surface area contributed by atoms with Crippen molar-refractivity contribution in [1.82, 2.24) is 10.9 Å². The van der Waals surface area contributed by atoms with Crippen molar-refractivity contribution < 1.29 is 28.6 Å². The molecule has 3 N–H and O–H groups in total. The maximum absolute atomic E-state index is 12.8. The van der Waals surface area contributed by atoms with E-state index in [1.54, 1.807) is 30.3 Å². The molecule has 12 heteroatoms. The molecular formula is C26H21Cl2N3O6S. The number of hydrogen-bond donors (Lipinski definition) is 3. The average molecular weight is 574 g/mol. The molecule has 0 aliphatic carbocycles. The standard InChI is InChI=1S/C26H21Cl2N3O6S/c1-35-18-10-14(11-19(36-2)22(18)37-3)24(32)29-16-7-4-13(5-8-16)25(33)30-31-26(34)23-21(28)17-9-6-15(27)12-20(17)38-23/h4-12H,1-3H3,(H,29,32)(H,30,33)(H,31,34). The molecule has 3 aromatic carbocycles. The highest BCUT2D eigenvalue weighted by molar-refractivity contribution is 7.21. The van der Waals surface area contributed by atoms with Gasteiger partial charge in [0.05, 0.1) is 26.4 Å². The number of anilines is 1. The summed E-state index contributed by atoms with van der Waals surface area (Å²) in [4.78, 5) is 38.2. The van der Waals surface area contributed by atoms with Crippen LogP contribution in [0, 0.1) is 0 Å². The number of methoxy groups -OCH3 is 3. The summed E-state index contributed by atoms with van der Waals surface area (Å²) in [6, 6.07) is 14.3. The Morgan fingerprint density at radius 3 is 1.97 bits per heavy atom. The molecule has 0 atom stereocenters. The van der Waals surface area contributed by atoms with Crippen molar-refractivity contribution in [1.29, 1.82) is 0 Å². The number of benzene rings is 3. The van der Waals surface area contributed by atoms with Crippen LogP contribution >= 0.6 is 34.5 Å². The van der Waals surface area contributed by atoms with Crippen LogP contribution in [0.2, 0.25) is 10.0 Å². The van der Waals surface area contributed by atoms with Crippen LogP contribution in [0.3, 0.4) is 0 Å². The van der Waals surface area contributed by atoms with Gasteiger partial charge in [0, 0.05) is 31.9 Å². The summed E-state index contributed by atoms with van der Waals surface area (Å²) in [6.45, 7) is 0.